The number of rotatable bonds is 7. The van der Waals surface area contributed by atoms with E-state index in [9.17, 15) is 36.8 Å². The zero-order valence-electron chi connectivity index (χ0n) is 31.1. The molecule has 0 radical (unpaired) electrons. The van der Waals surface area contributed by atoms with Crippen molar-refractivity contribution in [3.05, 3.63) is 35.1 Å². The number of carbonyl (C=O) groups excluding carboxylic acids is 5. The van der Waals surface area contributed by atoms with Crippen molar-refractivity contribution in [2.24, 2.45) is 17.3 Å². The second-order valence-electron chi connectivity index (χ2n) is 16.9. The Hall–Kier alpha value is -3.59. The van der Waals surface area contributed by atoms with Crippen LogP contribution in [0.1, 0.15) is 122 Å². The number of nitrogens with one attached hydrogen (secondary N) is 1. The van der Waals surface area contributed by atoms with E-state index in [1.807, 2.05) is 0 Å². The third-order valence-corrected chi connectivity index (χ3v) is 12.4. The molecule has 2 saturated carbocycles. The topological polar surface area (TPSA) is 166 Å². The predicted molar refractivity (Wildman–Crippen MR) is 188 cm³/mol. The Bertz CT molecular complexity index is 1740. The minimum atomic E-state index is -4.44. The molecular formula is C38H52FN3O10S. The number of Topliss-reactive ketones (excluding diaryl/α,β-unsaturated/α-hetero) is 1. The number of amides is 3. The summed E-state index contributed by atoms with van der Waals surface area (Å²) in [7, 11) is -4.44. The molecular weight excluding hydrogens is 709 g/mol. The van der Waals surface area contributed by atoms with Crippen LogP contribution in [0.15, 0.2) is 18.2 Å². The highest BCUT2D eigenvalue weighted by Crippen LogP contribution is 2.59. The van der Waals surface area contributed by atoms with Crippen LogP contribution >= 0.6 is 0 Å². The van der Waals surface area contributed by atoms with E-state index in [0.29, 0.717) is 49.7 Å². The Labute approximate surface area is 310 Å². The summed E-state index contributed by atoms with van der Waals surface area (Å²) in [6.45, 7) is 6.91. The number of carbonyl (C=O) groups is 5. The molecule has 13 nitrogen and oxygen atoms in total. The van der Waals surface area contributed by atoms with Crippen LogP contribution in [0.4, 0.5) is 9.18 Å². The lowest BCUT2D eigenvalue weighted by atomic mass is 9.90. The van der Waals surface area contributed by atoms with Crippen LogP contribution in [0.25, 0.3) is 0 Å². The minimum Gasteiger partial charge on any atom is -0.460 e. The molecule has 292 valence electrons. The van der Waals surface area contributed by atoms with Gasteiger partial charge < -0.3 is 14.4 Å². The standard InChI is InChI=1S/C38H52FN3O10S/c1-36(2,3)51-32(44)17-24-11-8-6-5-7-9-13-26-19-38(26,34(46)40-53(48,49)52-37(4)15-16-37)20-31(43)30-18-27(22-42(30)33(24)45)50-35(47)41-21-25-12-10-14-29(39)28(25)23-41/h10,12,14,24,26-27,30H,5-9,11,13,15-23H2,1-4H3,(H,40,46)/t24-,26-,27-,30+,38-/m1/s1. The number of halogens is 1. The molecule has 0 spiro atoms. The number of fused-ring (bicyclic) bond motifs is 3. The van der Waals surface area contributed by atoms with E-state index in [1.54, 1.807) is 39.8 Å². The van der Waals surface area contributed by atoms with E-state index in [-0.39, 0.29) is 44.8 Å². The number of nitrogens with zero attached hydrogens (tertiary/aromatic N) is 2. The Balaban J connectivity index is 1.24. The lowest BCUT2D eigenvalue weighted by Gasteiger charge is -2.29. The van der Waals surface area contributed by atoms with Gasteiger partial charge in [0.25, 0.3) is 0 Å². The van der Waals surface area contributed by atoms with Crippen molar-refractivity contribution in [3.63, 3.8) is 0 Å². The molecule has 3 heterocycles. The van der Waals surface area contributed by atoms with Crippen molar-refractivity contribution >= 4 is 40.0 Å². The number of ketones is 1. The molecule has 0 bridgehead atoms. The van der Waals surface area contributed by atoms with E-state index in [0.717, 1.165) is 25.7 Å². The Kier molecular flexibility index (Phi) is 11.0. The second-order valence-corrected chi connectivity index (χ2v) is 18.2. The van der Waals surface area contributed by atoms with E-state index in [4.69, 9.17) is 13.7 Å². The maximum Gasteiger partial charge on any atom is 0.410 e. The summed E-state index contributed by atoms with van der Waals surface area (Å²) in [4.78, 5) is 71.7. The zero-order valence-corrected chi connectivity index (χ0v) is 31.9. The van der Waals surface area contributed by atoms with Crippen LogP contribution in [0, 0.1) is 23.1 Å². The van der Waals surface area contributed by atoms with Crippen LogP contribution in [-0.4, -0.2) is 77.8 Å². The quantitative estimate of drug-likeness (QED) is 0.364. The van der Waals surface area contributed by atoms with Gasteiger partial charge in [-0.3, -0.25) is 24.1 Å². The summed E-state index contributed by atoms with van der Waals surface area (Å²) < 4.78 is 58.9. The summed E-state index contributed by atoms with van der Waals surface area (Å²) in [6.07, 6.45) is 4.24. The van der Waals surface area contributed by atoms with E-state index < -0.39 is 80.5 Å². The first kappa shape index (κ1) is 39.1. The molecule has 53 heavy (non-hydrogen) atoms. The van der Waals surface area contributed by atoms with Gasteiger partial charge in [-0.05, 0) is 77.3 Å². The highest BCUT2D eigenvalue weighted by atomic mass is 32.2. The van der Waals surface area contributed by atoms with Gasteiger partial charge in [-0.1, -0.05) is 44.2 Å². The molecule has 0 aromatic heterocycles. The summed E-state index contributed by atoms with van der Waals surface area (Å²) in [6, 6.07) is 3.54. The van der Waals surface area contributed by atoms with Gasteiger partial charge in [0.1, 0.15) is 17.5 Å². The van der Waals surface area contributed by atoms with Crippen molar-refractivity contribution in [2.45, 2.75) is 148 Å². The fourth-order valence-corrected chi connectivity index (χ4v) is 9.29. The van der Waals surface area contributed by atoms with Gasteiger partial charge in [-0.15, -0.1) is 0 Å². The third-order valence-electron chi connectivity index (χ3n) is 11.3. The first-order chi connectivity index (χ1) is 24.9. The van der Waals surface area contributed by atoms with Crippen LogP contribution in [-0.2, 0) is 56.2 Å². The first-order valence-electron chi connectivity index (χ1n) is 18.9. The highest BCUT2D eigenvalue weighted by Gasteiger charge is 2.62. The van der Waals surface area contributed by atoms with E-state index >= 15 is 0 Å². The third kappa shape index (κ3) is 9.38. The van der Waals surface area contributed by atoms with Crippen LogP contribution < -0.4 is 4.72 Å². The fourth-order valence-electron chi connectivity index (χ4n) is 8.13. The second kappa shape index (κ2) is 14.9. The van der Waals surface area contributed by atoms with Crippen LogP contribution in [0.2, 0.25) is 0 Å². The Morgan fingerprint density at radius 2 is 1.72 bits per heavy atom. The largest absolute Gasteiger partial charge is 0.460 e. The molecule has 2 saturated heterocycles. The number of ether oxygens (including phenoxy) is 2. The van der Waals surface area contributed by atoms with Gasteiger partial charge in [0.15, 0.2) is 5.78 Å². The van der Waals surface area contributed by atoms with Gasteiger partial charge in [-0.25, -0.2) is 18.1 Å². The number of hydrogen-bond acceptors (Lipinski definition) is 10. The molecule has 5 atom stereocenters. The normalized spacial score (nSPS) is 28.8. The van der Waals surface area contributed by atoms with Crippen molar-refractivity contribution in [1.29, 1.82) is 0 Å². The Morgan fingerprint density at radius 3 is 2.40 bits per heavy atom. The summed E-state index contributed by atoms with van der Waals surface area (Å²) >= 11 is 0. The maximum absolute atomic E-state index is 14.4. The number of esters is 1. The lowest BCUT2D eigenvalue weighted by molar-refractivity contribution is -0.159. The molecule has 4 fully saturated rings. The number of benzene rings is 1. The molecule has 1 aromatic carbocycles. The van der Waals surface area contributed by atoms with E-state index in [1.165, 1.54) is 15.9 Å². The molecule has 3 amide bonds. The average molecular weight is 762 g/mol. The summed E-state index contributed by atoms with van der Waals surface area (Å²) in [5, 5.41) is 0. The van der Waals surface area contributed by atoms with Gasteiger partial charge in [0, 0.05) is 30.9 Å². The molecule has 0 unspecified atom stereocenters. The maximum atomic E-state index is 14.4. The van der Waals surface area contributed by atoms with Crippen molar-refractivity contribution < 1.29 is 50.4 Å². The van der Waals surface area contributed by atoms with Gasteiger partial charge in [0.2, 0.25) is 11.8 Å². The zero-order chi connectivity index (χ0) is 38.3. The average Bonchev–Trinajstić information content (AvgIpc) is 3.80. The van der Waals surface area contributed by atoms with Crippen LogP contribution in [0.3, 0.4) is 0 Å². The van der Waals surface area contributed by atoms with Gasteiger partial charge in [-0.2, -0.15) is 8.42 Å². The lowest BCUT2D eigenvalue weighted by Crippen LogP contribution is -2.46. The van der Waals surface area contributed by atoms with E-state index in [2.05, 4.69) is 4.72 Å². The summed E-state index contributed by atoms with van der Waals surface area (Å²) in [5.41, 5.74) is -1.86. The number of hydrogen-bond donors (Lipinski definition) is 1. The SMILES string of the molecule is CC(C)(C)OC(=O)C[C@H]1CCCCCCC[C@@H]2C[C@@]2(C(=O)NS(=O)(=O)OC2(C)CC2)CC(=O)[C@@H]2C[C@@H](OC(=O)N3Cc4cccc(F)c4C3)CN2C1=O. The molecule has 15 heteroatoms. The van der Waals surface area contributed by atoms with Crippen LogP contribution in [0.5, 0.6) is 0 Å². The minimum absolute atomic E-state index is 0.0152. The molecule has 2 aliphatic carbocycles. The smallest absolute Gasteiger partial charge is 0.410 e. The Morgan fingerprint density at radius 1 is 1.02 bits per heavy atom. The monoisotopic (exact) mass is 761 g/mol. The molecule has 6 rings (SSSR count). The highest BCUT2D eigenvalue weighted by molar-refractivity contribution is 7.85. The molecule has 1 aromatic rings. The van der Waals surface area contributed by atoms with Crippen molar-refractivity contribution in [3.8, 4) is 0 Å². The first-order valence-corrected chi connectivity index (χ1v) is 20.3. The van der Waals surface area contributed by atoms with Gasteiger partial charge in [0.05, 0.1) is 36.6 Å². The fraction of sp³-hybridized carbons (Fsp3) is 0.711. The summed E-state index contributed by atoms with van der Waals surface area (Å²) in [5.74, 6) is -3.70. The molecule has 1 N–H and O–H groups in total. The predicted octanol–water partition coefficient (Wildman–Crippen LogP) is 5.24. The van der Waals surface area contributed by atoms with Crippen molar-refractivity contribution in [1.82, 2.24) is 14.5 Å². The molecule has 3 aliphatic heterocycles. The van der Waals surface area contributed by atoms with Crippen molar-refractivity contribution in [2.75, 3.05) is 6.54 Å². The van der Waals surface area contributed by atoms with Gasteiger partial charge >= 0.3 is 22.4 Å². The molecule has 5 aliphatic rings.